The lowest BCUT2D eigenvalue weighted by atomic mass is 9.84. The lowest BCUT2D eigenvalue weighted by molar-refractivity contribution is 0.143. The summed E-state index contributed by atoms with van der Waals surface area (Å²) in [6.07, 6.45) is 5.10. The molecule has 0 bridgehead atoms. The second-order valence-corrected chi connectivity index (χ2v) is 5.97. The quantitative estimate of drug-likeness (QED) is 0.857. The minimum absolute atomic E-state index is 0.141. The molecule has 1 aliphatic rings. The highest BCUT2D eigenvalue weighted by atomic mass is 16.3. The molecule has 1 fully saturated rings. The molecule has 0 aliphatic heterocycles. The van der Waals surface area contributed by atoms with Gasteiger partial charge in [0.05, 0.1) is 12.1 Å². The molecular weight excluding hydrogens is 222 g/mol. The van der Waals surface area contributed by atoms with Gasteiger partial charge < -0.3 is 10.4 Å². The van der Waals surface area contributed by atoms with E-state index in [4.69, 9.17) is 0 Å². The Hall–Kier alpha value is -0.860. The van der Waals surface area contributed by atoms with Gasteiger partial charge in [-0.1, -0.05) is 50.1 Å². The molecule has 0 saturated heterocycles. The lowest BCUT2D eigenvalue weighted by Crippen LogP contribution is -2.49. The Kier molecular flexibility index (Phi) is 4.41. The predicted molar refractivity (Wildman–Crippen MR) is 75.4 cm³/mol. The number of hydrogen-bond donors (Lipinski definition) is 2. The van der Waals surface area contributed by atoms with Crippen molar-refractivity contribution in [2.24, 2.45) is 5.92 Å². The van der Waals surface area contributed by atoms with Crippen molar-refractivity contribution in [2.45, 2.75) is 51.1 Å². The van der Waals surface area contributed by atoms with Crippen LogP contribution in [0.1, 0.15) is 45.1 Å². The lowest BCUT2D eigenvalue weighted by Gasteiger charge is -2.37. The molecule has 2 heteroatoms. The van der Waals surface area contributed by atoms with Gasteiger partial charge in [-0.15, -0.1) is 0 Å². The summed E-state index contributed by atoms with van der Waals surface area (Å²) in [4.78, 5) is 0. The predicted octanol–water partition coefficient (Wildman–Crippen LogP) is 3.06. The molecule has 0 amide bonds. The first-order valence-corrected chi connectivity index (χ1v) is 7.08. The first kappa shape index (κ1) is 13.6. The Balaban J connectivity index is 2.08. The fourth-order valence-electron chi connectivity index (χ4n) is 3.04. The fraction of sp³-hybridized carbons (Fsp3) is 0.625. The van der Waals surface area contributed by atoms with Crippen LogP contribution in [0.5, 0.6) is 0 Å². The third-order valence-electron chi connectivity index (χ3n) is 4.19. The second-order valence-electron chi connectivity index (χ2n) is 5.97. The van der Waals surface area contributed by atoms with Gasteiger partial charge in [0.1, 0.15) is 0 Å². The van der Waals surface area contributed by atoms with Gasteiger partial charge in [0.25, 0.3) is 0 Å². The number of nitrogens with one attached hydrogen (secondary N) is 1. The monoisotopic (exact) mass is 247 g/mol. The van der Waals surface area contributed by atoms with E-state index in [0.29, 0.717) is 6.04 Å². The zero-order chi connectivity index (χ0) is 13.0. The number of hydrogen-bond acceptors (Lipinski definition) is 2. The molecule has 1 aliphatic carbocycles. The molecule has 2 N–H and O–H groups in total. The van der Waals surface area contributed by atoms with E-state index in [0.717, 1.165) is 5.92 Å². The zero-order valence-corrected chi connectivity index (χ0v) is 11.5. The topological polar surface area (TPSA) is 32.3 Å². The molecule has 0 heterocycles. The van der Waals surface area contributed by atoms with Gasteiger partial charge in [-0.2, -0.15) is 0 Å². The largest absolute Gasteiger partial charge is 0.394 e. The minimum atomic E-state index is -0.316. The van der Waals surface area contributed by atoms with Crippen molar-refractivity contribution < 1.29 is 5.11 Å². The van der Waals surface area contributed by atoms with Crippen LogP contribution in [0.2, 0.25) is 0 Å². The van der Waals surface area contributed by atoms with Crippen molar-refractivity contribution >= 4 is 0 Å². The average molecular weight is 247 g/mol. The van der Waals surface area contributed by atoms with Crippen molar-refractivity contribution in [2.75, 3.05) is 6.61 Å². The standard InChI is InChI=1S/C16H25NO/c1-13-7-6-10-15(11-13)17-16(2,12-18)14-8-4-3-5-9-14/h3-5,8-9,13,15,17-18H,6-7,10-12H2,1-2H3. The minimum Gasteiger partial charge on any atom is -0.394 e. The van der Waals surface area contributed by atoms with Crippen LogP contribution >= 0.6 is 0 Å². The first-order chi connectivity index (χ1) is 8.64. The van der Waals surface area contributed by atoms with Gasteiger partial charge in [0.15, 0.2) is 0 Å². The number of aliphatic hydroxyl groups excluding tert-OH is 1. The third-order valence-corrected chi connectivity index (χ3v) is 4.19. The van der Waals surface area contributed by atoms with Crippen LogP contribution < -0.4 is 5.32 Å². The third kappa shape index (κ3) is 3.12. The molecule has 3 unspecified atom stereocenters. The number of rotatable bonds is 4. The summed E-state index contributed by atoms with van der Waals surface area (Å²) in [6, 6.07) is 10.8. The maximum Gasteiger partial charge on any atom is 0.0652 e. The first-order valence-electron chi connectivity index (χ1n) is 7.08. The summed E-state index contributed by atoms with van der Waals surface area (Å²) < 4.78 is 0. The maximum atomic E-state index is 9.77. The summed E-state index contributed by atoms with van der Waals surface area (Å²) in [5.74, 6) is 0.801. The SMILES string of the molecule is CC1CCCC(NC(C)(CO)c2ccccc2)C1. The van der Waals surface area contributed by atoms with Gasteiger partial charge in [-0.25, -0.2) is 0 Å². The Labute approximate surface area is 110 Å². The van der Waals surface area contributed by atoms with Crippen LogP contribution in [-0.2, 0) is 5.54 Å². The Morgan fingerprint density at radius 2 is 2.00 bits per heavy atom. The molecule has 1 aromatic carbocycles. The van der Waals surface area contributed by atoms with Crippen molar-refractivity contribution in [1.29, 1.82) is 0 Å². The van der Waals surface area contributed by atoms with E-state index >= 15 is 0 Å². The van der Waals surface area contributed by atoms with E-state index in [1.165, 1.54) is 31.2 Å². The van der Waals surface area contributed by atoms with E-state index in [-0.39, 0.29) is 12.1 Å². The maximum absolute atomic E-state index is 9.77. The molecule has 1 aromatic rings. The van der Waals surface area contributed by atoms with Gasteiger partial charge >= 0.3 is 0 Å². The van der Waals surface area contributed by atoms with E-state index in [1.807, 2.05) is 18.2 Å². The van der Waals surface area contributed by atoms with Crippen LogP contribution in [0.4, 0.5) is 0 Å². The second kappa shape index (κ2) is 5.85. The van der Waals surface area contributed by atoms with Crippen molar-refractivity contribution in [3.05, 3.63) is 35.9 Å². The smallest absolute Gasteiger partial charge is 0.0652 e. The summed E-state index contributed by atoms with van der Waals surface area (Å²) in [5, 5.41) is 13.5. The number of aliphatic hydroxyl groups is 1. The highest BCUT2D eigenvalue weighted by Gasteiger charge is 2.30. The molecule has 100 valence electrons. The number of benzene rings is 1. The average Bonchev–Trinajstić information content (AvgIpc) is 2.39. The molecule has 18 heavy (non-hydrogen) atoms. The molecule has 2 nitrogen and oxygen atoms in total. The van der Waals surface area contributed by atoms with Crippen LogP contribution in [0.15, 0.2) is 30.3 Å². The summed E-state index contributed by atoms with van der Waals surface area (Å²) in [7, 11) is 0. The molecule has 0 spiro atoms. The highest BCUT2D eigenvalue weighted by Crippen LogP contribution is 2.28. The van der Waals surface area contributed by atoms with Crippen LogP contribution in [0, 0.1) is 5.92 Å². The Morgan fingerprint density at radius 3 is 2.61 bits per heavy atom. The highest BCUT2D eigenvalue weighted by molar-refractivity contribution is 5.24. The van der Waals surface area contributed by atoms with Crippen LogP contribution in [0.25, 0.3) is 0 Å². The van der Waals surface area contributed by atoms with E-state index in [9.17, 15) is 5.11 Å². The van der Waals surface area contributed by atoms with Crippen molar-refractivity contribution in [3.63, 3.8) is 0 Å². The molecule has 3 atom stereocenters. The molecular formula is C16H25NO. The molecule has 1 saturated carbocycles. The Morgan fingerprint density at radius 1 is 1.28 bits per heavy atom. The van der Waals surface area contributed by atoms with E-state index < -0.39 is 0 Å². The van der Waals surface area contributed by atoms with Crippen LogP contribution in [0.3, 0.4) is 0 Å². The molecule has 0 radical (unpaired) electrons. The van der Waals surface area contributed by atoms with E-state index in [1.54, 1.807) is 0 Å². The zero-order valence-electron chi connectivity index (χ0n) is 11.5. The van der Waals surface area contributed by atoms with Crippen LogP contribution in [-0.4, -0.2) is 17.8 Å². The molecule has 0 aromatic heterocycles. The summed E-state index contributed by atoms with van der Waals surface area (Å²) in [6.45, 7) is 4.57. The van der Waals surface area contributed by atoms with Crippen molar-refractivity contribution in [1.82, 2.24) is 5.32 Å². The van der Waals surface area contributed by atoms with Gasteiger partial charge in [0, 0.05) is 6.04 Å². The van der Waals surface area contributed by atoms with Gasteiger partial charge in [-0.3, -0.25) is 0 Å². The summed E-state index contributed by atoms with van der Waals surface area (Å²) in [5.41, 5.74) is 0.855. The summed E-state index contributed by atoms with van der Waals surface area (Å²) >= 11 is 0. The van der Waals surface area contributed by atoms with E-state index in [2.05, 4.69) is 31.3 Å². The van der Waals surface area contributed by atoms with Gasteiger partial charge in [-0.05, 0) is 31.2 Å². The normalized spacial score (nSPS) is 27.7. The fourth-order valence-corrected chi connectivity index (χ4v) is 3.04. The van der Waals surface area contributed by atoms with Crippen molar-refractivity contribution in [3.8, 4) is 0 Å². The van der Waals surface area contributed by atoms with Gasteiger partial charge in [0.2, 0.25) is 0 Å². The Bertz CT molecular complexity index is 365. The molecule has 2 rings (SSSR count).